The zero-order chi connectivity index (χ0) is 10.7. The van der Waals surface area contributed by atoms with Crippen molar-refractivity contribution in [1.82, 2.24) is 20.1 Å². The van der Waals surface area contributed by atoms with E-state index in [1.165, 1.54) is 12.3 Å². The molecule has 0 radical (unpaired) electrons. The largest absolute Gasteiger partial charge is 0.316 e. The number of halogens is 1. The molecule has 0 aliphatic carbocycles. The molecule has 2 heterocycles. The van der Waals surface area contributed by atoms with Crippen molar-refractivity contribution in [3.05, 3.63) is 42.1 Å². The molecular formula is C10H11FN4. The van der Waals surface area contributed by atoms with Gasteiger partial charge in [-0.2, -0.15) is 5.10 Å². The fourth-order valence-corrected chi connectivity index (χ4v) is 1.39. The third-order valence-electron chi connectivity index (χ3n) is 2.00. The van der Waals surface area contributed by atoms with Crippen LogP contribution in [0.3, 0.4) is 0 Å². The fraction of sp³-hybridized carbons (Fsp3) is 0.200. The van der Waals surface area contributed by atoms with E-state index in [1.54, 1.807) is 30.2 Å². The van der Waals surface area contributed by atoms with Crippen molar-refractivity contribution in [2.75, 3.05) is 7.05 Å². The van der Waals surface area contributed by atoms with Gasteiger partial charge in [-0.05, 0) is 19.2 Å². The lowest BCUT2D eigenvalue weighted by Gasteiger charge is -2.07. The molecule has 0 spiro atoms. The topological polar surface area (TPSA) is 42.7 Å². The first-order valence-corrected chi connectivity index (χ1v) is 4.60. The summed E-state index contributed by atoms with van der Waals surface area (Å²) >= 11 is 0. The summed E-state index contributed by atoms with van der Waals surface area (Å²) in [5, 5.41) is 7.03. The van der Waals surface area contributed by atoms with Gasteiger partial charge in [0.15, 0.2) is 5.82 Å². The molecular weight excluding hydrogens is 195 g/mol. The second-order valence-electron chi connectivity index (χ2n) is 3.12. The number of rotatable bonds is 3. The SMILES string of the molecule is CNCc1cc(F)cnc1-n1cccn1. The number of nitrogens with one attached hydrogen (secondary N) is 1. The highest BCUT2D eigenvalue weighted by Gasteiger charge is 2.06. The van der Waals surface area contributed by atoms with Crippen LogP contribution in [0.5, 0.6) is 0 Å². The van der Waals surface area contributed by atoms with Crippen LogP contribution >= 0.6 is 0 Å². The Bertz CT molecular complexity index is 439. The Morgan fingerprint density at radius 2 is 2.40 bits per heavy atom. The first kappa shape index (κ1) is 9.79. The third-order valence-corrected chi connectivity index (χ3v) is 2.00. The summed E-state index contributed by atoms with van der Waals surface area (Å²) in [6.45, 7) is 0.556. The highest BCUT2D eigenvalue weighted by Crippen LogP contribution is 2.11. The van der Waals surface area contributed by atoms with E-state index in [-0.39, 0.29) is 5.82 Å². The van der Waals surface area contributed by atoms with Crippen molar-refractivity contribution in [3.63, 3.8) is 0 Å². The highest BCUT2D eigenvalue weighted by molar-refractivity contribution is 5.32. The minimum Gasteiger partial charge on any atom is -0.316 e. The van der Waals surface area contributed by atoms with Gasteiger partial charge in [0.05, 0.1) is 6.20 Å². The van der Waals surface area contributed by atoms with Gasteiger partial charge in [0.1, 0.15) is 5.82 Å². The molecule has 0 saturated carbocycles. The van der Waals surface area contributed by atoms with E-state index in [2.05, 4.69) is 15.4 Å². The molecule has 0 amide bonds. The molecule has 78 valence electrons. The molecule has 5 heteroatoms. The Labute approximate surface area is 86.8 Å². The van der Waals surface area contributed by atoms with E-state index >= 15 is 0 Å². The maximum atomic E-state index is 13.0. The van der Waals surface area contributed by atoms with Crippen LogP contribution < -0.4 is 5.32 Å². The zero-order valence-corrected chi connectivity index (χ0v) is 8.31. The predicted octanol–water partition coefficient (Wildman–Crippen LogP) is 1.13. The number of nitrogens with zero attached hydrogens (tertiary/aromatic N) is 3. The summed E-state index contributed by atoms with van der Waals surface area (Å²) in [6, 6.07) is 3.26. The smallest absolute Gasteiger partial charge is 0.157 e. The summed E-state index contributed by atoms with van der Waals surface area (Å²) in [7, 11) is 1.80. The van der Waals surface area contributed by atoms with Crippen LogP contribution in [0.15, 0.2) is 30.7 Å². The Hall–Kier alpha value is -1.75. The molecule has 0 aliphatic heterocycles. The average molecular weight is 206 g/mol. The monoisotopic (exact) mass is 206 g/mol. The molecule has 0 saturated heterocycles. The minimum absolute atomic E-state index is 0.337. The predicted molar refractivity (Wildman–Crippen MR) is 54.1 cm³/mol. The molecule has 0 aromatic carbocycles. The second kappa shape index (κ2) is 4.18. The lowest BCUT2D eigenvalue weighted by Crippen LogP contribution is -2.11. The van der Waals surface area contributed by atoms with Crippen LogP contribution in [0.25, 0.3) is 5.82 Å². The van der Waals surface area contributed by atoms with Gasteiger partial charge < -0.3 is 5.32 Å². The van der Waals surface area contributed by atoms with Gasteiger partial charge in [-0.1, -0.05) is 0 Å². The molecule has 4 nitrogen and oxygen atoms in total. The minimum atomic E-state index is -0.337. The summed E-state index contributed by atoms with van der Waals surface area (Å²) in [5.74, 6) is 0.312. The molecule has 0 aliphatic rings. The standard InChI is InChI=1S/C10H11FN4/c1-12-6-8-5-9(11)7-13-10(8)15-4-2-3-14-15/h2-5,7,12H,6H2,1H3. The summed E-state index contributed by atoms with van der Waals surface area (Å²) in [5.41, 5.74) is 0.779. The van der Waals surface area contributed by atoms with E-state index < -0.39 is 0 Å². The van der Waals surface area contributed by atoms with Crippen LogP contribution in [0.2, 0.25) is 0 Å². The Kier molecular flexibility index (Phi) is 2.73. The number of pyridine rings is 1. The average Bonchev–Trinajstić information content (AvgIpc) is 2.71. The number of aromatic nitrogens is 3. The van der Waals surface area contributed by atoms with Gasteiger partial charge in [0.2, 0.25) is 0 Å². The third kappa shape index (κ3) is 2.02. The molecule has 1 N–H and O–H groups in total. The van der Waals surface area contributed by atoms with E-state index in [0.29, 0.717) is 12.4 Å². The van der Waals surface area contributed by atoms with Gasteiger partial charge in [-0.15, -0.1) is 0 Å². The van der Waals surface area contributed by atoms with E-state index in [9.17, 15) is 4.39 Å². The van der Waals surface area contributed by atoms with Crippen LogP contribution in [-0.4, -0.2) is 21.8 Å². The molecule has 0 fully saturated rings. The van der Waals surface area contributed by atoms with E-state index in [1.807, 2.05) is 0 Å². The molecule has 0 atom stereocenters. The number of hydrogen-bond acceptors (Lipinski definition) is 3. The van der Waals surface area contributed by atoms with E-state index in [4.69, 9.17) is 0 Å². The molecule has 2 aromatic heterocycles. The van der Waals surface area contributed by atoms with Gasteiger partial charge in [-0.25, -0.2) is 14.1 Å². The Balaban J connectivity index is 2.46. The molecule has 15 heavy (non-hydrogen) atoms. The molecule has 2 rings (SSSR count). The highest BCUT2D eigenvalue weighted by atomic mass is 19.1. The Morgan fingerprint density at radius 1 is 1.53 bits per heavy atom. The summed E-state index contributed by atoms with van der Waals surface area (Å²) < 4.78 is 14.6. The van der Waals surface area contributed by atoms with Gasteiger partial charge in [0.25, 0.3) is 0 Å². The van der Waals surface area contributed by atoms with Crippen molar-refractivity contribution in [2.45, 2.75) is 6.54 Å². The van der Waals surface area contributed by atoms with Gasteiger partial charge in [-0.3, -0.25) is 0 Å². The molecule has 0 unspecified atom stereocenters. The van der Waals surface area contributed by atoms with Crippen LogP contribution in [-0.2, 0) is 6.54 Å². The fourth-order valence-electron chi connectivity index (χ4n) is 1.39. The van der Waals surface area contributed by atoms with Crippen molar-refractivity contribution < 1.29 is 4.39 Å². The van der Waals surface area contributed by atoms with Crippen molar-refractivity contribution >= 4 is 0 Å². The van der Waals surface area contributed by atoms with Crippen LogP contribution in [0.1, 0.15) is 5.56 Å². The van der Waals surface area contributed by atoms with Gasteiger partial charge in [0, 0.05) is 24.5 Å². The van der Waals surface area contributed by atoms with Crippen molar-refractivity contribution in [3.8, 4) is 5.82 Å². The van der Waals surface area contributed by atoms with Crippen molar-refractivity contribution in [2.24, 2.45) is 0 Å². The van der Waals surface area contributed by atoms with Crippen molar-refractivity contribution in [1.29, 1.82) is 0 Å². The zero-order valence-electron chi connectivity index (χ0n) is 8.31. The quantitative estimate of drug-likeness (QED) is 0.818. The first-order chi connectivity index (χ1) is 7.31. The second-order valence-corrected chi connectivity index (χ2v) is 3.12. The molecule has 0 bridgehead atoms. The maximum absolute atomic E-state index is 13.0. The number of hydrogen-bond donors (Lipinski definition) is 1. The van der Waals surface area contributed by atoms with Crippen LogP contribution in [0.4, 0.5) is 4.39 Å². The Morgan fingerprint density at radius 3 is 3.07 bits per heavy atom. The normalized spacial score (nSPS) is 10.5. The summed E-state index contributed by atoms with van der Waals surface area (Å²) in [4.78, 5) is 4.02. The van der Waals surface area contributed by atoms with Crippen LogP contribution in [0, 0.1) is 5.82 Å². The maximum Gasteiger partial charge on any atom is 0.157 e. The van der Waals surface area contributed by atoms with E-state index in [0.717, 1.165) is 5.56 Å². The summed E-state index contributed by atoms with van der Waals surface area (Å²) in [6.07, 6.45) is 4.63. The lowest BCUT2D eigenvalue weighted by molar-refractivity contribution is 0.613. The molecule has 2 aromatic rings. The van der Waals surface area contributed by atoms with Gasteiger partial charge >= 0.3 is 0 Å². The first-order valence-electron chi connectivity index (χ1n) is 4.60. The lowest BCUT2D eigenvalue weighted by atomic mass is 10.2.